The Balaban J connectivity index is 0.000000717. The van der Waals surface area contributed by atoms with E-state index in [1.165, 1.54) is 70.6 Å². The highest BCUT2D eigenvalue weighted by molar-refractivity contribution is 5.87. The lowest BCUT2D eigenvalue weighted by molar-refractivity contribution is -0.137. The molecule has 0 bridgehead atoms. The van der Waals surface area contributed by atoms with Crippen molar-refractivity contribution in [1.29, 1.82) is 0 Å². The minimum absolute atomic E-state index is 0.331. The van der Waals surface area contributed by atoms with E-state index in [-0.39, 0.29) is 0 Å². The third-order valence-corrected chi connectivity index (χ3v) is 4.94. The van der Waals surface area contributed by atoms with Crippen molar-refractivity contribution < 1.29 is 19.8 Å². The van der Waals surface area contributed by atoms with Crippen LogP contribution in [-0.2, 0) is 4.79 Å². The first-order chi connectivity index (χ1) is 13.9. The van der Waals surface area contributed by atoms with Crippen LogP contribution < -0.4 is 0 Å². The van der Waals surface area contributed by atoms with Crippen LogP contribution in [-0.4, -0.2) is 22.2 Å². The van der Waals surface area contributed by atoms with E-state index in [2.05, 4.69) is 13.8 Å². The Morgan fingerprint density at radius 3 is 1.45 bits per heavy atom. The number of hydrogen-bond donors (Lipinski definition) is 2. The van der Waals surface area contributed by atoms with Crippen LogP contribution in [0.1, 0.15) is 114 Å². The predicted octanol–water partition coefficient (Wildman–Crippen LogP) is 7.57. The molecule has 0 fully saturated rings. The van der Waals surface area contributed by atoms with Crippen molar-refractivity contribution in [3.8, 4) is 0 Å². The topological polar surface area (TPSA) is 74.6 Å². The molecule has 0 saturated heterocycles. The lowest BCUT2D eigenvalue weighted by Gasteiger charge is -2.04. The van der Waals surface area contributed by atoms with Gasteiger partial charge in [0.15, 0.2) is 0 Å². The highest BCUT2D eigenvalue weighted by Gasteiger charge is 1.98. The molecule has 0 saturated carbocycles. The molecule has 4 heteroatoms. The Bertz CT molecular complexity index is 511. The first kappa shape index (κ1) is 27.2. The van der Waals surface area contributed by atoms with Crippen molar-refractivity contribution in [1.82, 2.24) is 0 Å². The van der Waals surface area contributed by atoms with Crippen LogP contribution in [0.4, 0.5) is 0 Å². The number of aliphatic carboxylic acids is 1. The van der Waals surface area contributed by atoms with Crippen LogP contribution in [0.3, 0.4) is 0 Å². The van der Waals surface area contributed by atoms with Crippen molar-refractivity contribution >= 4 is 11.9 Å². The summed E-state index contributed by atoms with van der Waals surface area (Å²) in [5, 5.41) is 16.9. The summed E-state index contributed by atoms with van der Waals surface area (Å²) in [5.74, 6) is -0.667. The van der Waals surface area contributed by atoms with Crippen LogP contribution >= 0.6 is 0 Å². The summed E-state index contributed by atoms with van der Waals surface area (Å²) >= 11 is 0. The Morgan fingerprint density at radius 2 is 1.10 bits per heavy atom. The molecule has 0 amide bonds. The van der Waals surface area contributed by atoms with E-state index in [9.17, 15) is 9.59 Å². The number of aromatic carboxylic acids is 1. The van der Waals surface area contributed by atoms with Gasteiger partial charge in [0.2, 0.25) is 0 Å². The number of carbonyl (C=O) groups is 2. The average molecular weight is 407 g/mol. The van der Waals surface area contributed by atoms with Crippen LogP contribution in [0.2, 0.25) is 0 Å². The van der Waals surface area contributed by atoms with Gasteiger partial charge in [0.05, 0.1) is 5.56 Å². The highest BCUT2D eigenvalue weighted by atomic mass is 16.4. The van der Waals surface area contributed by atoms with E-state index in [4.69, 9.17) is 10.2 Å². The highest BCUT2D eigenvalue weighted by Crippen LogP contribution is 2.14. The van der Waals surface area contributed by atoms with E-state index in [1.807, 2.05) is 0 Å². The largest absolute Gasteiger partial charge is 0.481 e. The quantitative estimate of drug-likeness (QED) is 0.277. The summed E-state index contributed by atoms with van der Waals surface area (Å²) < 4.78 is 0. The van der Waals surface area contributed by atoms with Crippen LogP contribution in [0.5, 0.6) is 0 Å². The standard InChI is InChI=1S/C18H36O2.C7H6O2/c1-17(2)15-13-11-9-7-5-3-4-6-8-10-12-14-16-18(19)20;8-7(9)6-4-2-1-3-5-6/h17H,3-16H2,1-2H3,(H,19,20);1-5H,(H,8,9). The molecule has 1 aromatic rings. The number of carboxylic acid groups (broad SMARTS) is 2. The molecule has 0 heterocycles. The third kappa shape index (κ3) is 20.7. The first-order valence-corrected chi connectivity index (χ1v) is 11.4. The van der Waals surface area contributed by atoms with Gasteiger partial charge in [0, 0.05) is 6.42 Å². The van der Waals surface area contributed by atoms with E-state index < -0.39 is 11.9 Å². The molecule has 0 unspecified atom stereocenters. The Kier molecular flexibility index (Phi) is 18.2. The maximum absolute atomic E-state index is 10.3. The van der Waals surface area contributed by atoms with Gasteiger partial charge in [0.1, 0.15) is 0 Å². The van der Waals surface area contributed by atoms with Gasteiger partial charge in [-0.05, 0) is 24.5 Å². The van der Waals surface area contributed by atoms with Crippen molar-refractivity contribution in [3.63, 3.8) is 0 Å². The van der Waals surface area contributed by atoms with Crippen molar-refractivity contribution in [2.45, 2.75) is 104 Å². The van der Waals surface area contributed by atoms with Crippen molar-refractivity contribution in [2.75, 3.05) is 0 Å². The third-order valence-electron chi connectivity index (χ3n) is 4.94. The zero-order valence-corrected chi connectivity index (χ0v) is 18.6. The smallest absolute Gasteiger partial charge is 0.335 e. The van der Waals surface area contributed by atoms with Gasteiger partial charge in [-0.1, -0.05) is 109 Å². The van der Waals surface area contributed by atoms with Gasteiger partial charge < -0.3 is 10.2 Å². The molecule has 4 nitrogen and oxygen atoms in total. The fraction of sp³-hybridized carbons (Fsp3) is 0.680. The van der Waals surface area contributed by atoms with Gasteiger partial charge in [-0.25, -0.2) is 4.79 Å². The molecule has 0 aromatic heterocycles. The van der Waals surface area contributed by atoms with Gasteiger partial charge >= 0.3 is 11.9 Å². The minimum Gasteiger partial charge on any atom is -0.481 e. The zero-order chi connectivity index (χ0) is 21.7. The number of rotatable bonds is 16. The number of unbranched alkanes of at least 4 members (excludes halogenated alkanes) is 11. The molecule has 29 heavy (non-hydrogen) atoms. The molecule has 0 aliphatic rings. The Labute approximate surface area is 177 Å². The first-order valence-electron chi connectivity index (χ1n) is 11.4. The van der Waals surface area contributed by atoms with Gasteiger partial charge in [-0.3, -0.25) is 4.79 Å². The van der Waals surface area contributed by atoms with E-state index in [0.29, 0.717) is 12.0 Å². The maximum Gasteiger partial charge on any atom is 0.335 e. The van der Waals surface area contributed by atoms with Crippen molar-refractivity contribution in [3.05, 3.63) is 35.9 Å². The second-order valence-electron chi connectivity index (χ2n) is 8.24. The number of carboxylic acids is 2. The summed E-state index contributed by atoms with van der Waals surface area (Å²) in [6.07, 6.45) is 17.3. The fourth-order valence-electron chi connectivity index (χ4n) is 3.18. The fourth-order valence-corrected chi connectivity index (χ4v) is 3.18. The molecule has 0 aliphatic carbocycles. The molecule has 166 valence electrons. The van der Waals surface area contributed by atoms with Crippen LogP contribution in [0.15, 0.2) is 30.3 Å². The second kappa shape index (κ2) is 19.5. The van der Waals surface area contributed by atoms with Crippen LogP contribution in [0, 0.1) is 5.92 Å². The molecule has 0 atom stereocenters. The average Bonchev–Trinajstić information content (AvgIpc) is 2.69. The van der Waals surface area contributed by atoms with Gasteiger partial charge in [0.25, 0.3) is 0 Å². The zero-order valence-electron chi connectivity index (χ0n) is 18.6. The molecular weight excluding hydrogens is 364 g/mol. The van der Waals surface area contributed by atoms with E-state index in [0.717, 1.165) is 18.8 Å². The van der Waals surface area contributed by atoms with Gasteiger partial charge in [-0.15, -0.1) is 0 Å². The summed E-state index contributed by atoms with van der Waals surface area (Å²) in [6.45, 7) is 4.61. The molecule has 1 aromatic carbocycles. The molecule has 0 radical (unpaired) electrons. The summed E-state index contributed by atoms with van der Waals surface area (Å²) in [5.41, 5.74) is 0.331. The number of benzene rings is 1. The van der Waals surface area contributed by atoms with Gasteiger partial charge in [-0.2, -0.15) is 0 Å². The predicted molar refractivity (Wildman–Crippen MR) is 121 cm³/mol. The van der Waals surface area contributed by atoms with Crippen LogP contribution in [0.25, 0.3) is 0 Å². The number of hydrogen-bond acceptors (Lipinski definition) is 2. The van der Waals surface area contributed by atoms with E-state index in [1.54, 1.807) is 30.3 Å². The lowest BCUT2D eigenvalue weighted by atomic mass is 10.0. The molecule has 2 N–H and O–H groups in total. The molecule has 1 rings (SSSR count). The Morgan fingerprint density at radius 1 is 0.690 bits per heavy atom. The SMILES string of the molecule is CC(C)CCCCCCCCCCCCCCC(=O)O.O=C(O)c1ccccc1. The Hall–Kier alpha value is -1.84. The lowest BCUT2D eigenvalue weighted by Crippen LogP contribution is -1.93. The van der Waals surface area contributed by atoms with E-state index >= 15 is 0 Å². The summed E-state index contributed by atoms with van der Waals surface area (Å²) in [7, 11) is 0. The summed E-state index contributed by atoms with van der Waals surface area (Å²) in [6, 6.07) is 8.30. The second-order valence-corrected chi connectivity index (χ2v) is 8.24. The molecular formula is C25H42O4. The normalized spacial score (nSPS) is 10.4. The minimum atomic E-state index is -0.879. The molecule has 0 aliphatic heterocycles. The molecule has 0 spiro atoms. The monoisotopic (exact) mass is 406 g/mol. The summed E-state index contributed by atoms with van der Waals surface area (Å²) in [4.78, 5) is 20.5. The van der Waals surface area contributed by atoms with Crippen molar-refractivity contribution in [2.24, 2.45) is 5.92 Å². The maximum atomic E-state index is 10.3.